The van der Waals surface area contributed by atoms with E-state index in [1.807, 2.05) is 6.08 Å². The molecule has 3 rings (SSSR count). The van der Waals surface area contributed by atoms with Gasteiger partial charge in [0.05, 0.1) is 0 Å². The molecule has 0 spiro atoms. The van der Waals surface area contributed by atoms with Crippen LogP contribution >= 0.6 is 0 Å². The van der Waals surface area contributed by atoms with Crippen molar-refractivity contribution in [2.24, 2.45) is 11.8 Å². The minimum atomic E-state index is -1.34. The molecule has 1 saturated carbocycles. The zero-order valence-corrected chi connectivity index (χ0v) is 13.8. The van der Waals surface area contributed by atoms with E-state index < -0.39 is 17.5 Å². The molecule has 0 radical (unpaired) electrons. The third kappa shape index (κ3) is 3.64. The van der Waals surface area contributed by atoms with Gasteiger partial charge in [0.25, 0.3) is 0 Å². The second kappa shape index (κ2) is 7.11. The molecule has 0 bridgehead atoms. The van der Waals surface area contributed by atoms with Crippen LogP contribution in [-0.4, -0.2) is 0 Å². The second-order valence-electron chi connectivity index (χ2n) is 7.20. The van der Waals surface area contributed by atoms with Crippen LogP contribution in [-0.2, 0) is 12.8 Å². The van der Waals surface area contributed by atoms with E-state index in [1.165, 1.54) is 50.2 Å². The van der Waals surface area contributed by atoms with Crippen molar-refractivity contribution in [1.82, 2.24) is 0 Å². The highest BCUT2D eigenvalue weighted by Gasteiger charge is 2.23. The summed E-state index contributed by atoms with van der Waals surface area (Å²) in [5, 5.41) is 0. The Kier molecular flexibility index (Phi) is 5.13. The molecule has 1 fully saturated rings. The van der Waals surface area contributed by atoms with Crippen molar-refractivity contribution in [3.8, 4) is 0 Å². The van der Waals surface area contributed by atoms with Crippen LogP contribution in [0.3, 0.4) is 0 Å². The fourth-order valence-corrected chi connectivity index (χ4v) is 4.13. The Morgan fingerprint density at radius 2 is 1.70 bits per heavy atom. The maximum Gasteiger partial charge on any atom is 0.194 e. The van der Waals surface area contributed by atoms with E-state index >= 15 is 0 Å². The molecule has 0 N–H and O–H groups in total. The van der Waals surface area contributed by atoms with Crippen molar-refractivity contribution in [3.05, 3.63) is 46.3 Å². The van der Waals surface area contributed by atoms with Gasteiger partial charge in [-0.05, 0) is 54.7 Å². The first-order valence-corrected chi connectivity index (χ1v) is 8.91. The smallest absolute Gasteiger partial charge is 0.194 e. The minimum absolute atomic E-state index is 0.330. The standard InChI is InChI=1S/C20H25F3/c1-2-13-3-5-14(6-4-13)7-8-15-9-10-17-16(11-15)12-18(21)20(23)19(17)22/h9,12-14H,2-8,10-11H2,1H3. The van der Waals surface area contributed by atoms with E-state index in [9.17, 15) is 13.2 Å². The number of fused-ring (bicyclic) bond motifs is 1. The van der Waals surface area contributed by atoms with E-state index in [0.717, 1.165) is 18.3 Å². The lowest BCUT2D eigenvalue weighted by atomic mass is 9.78. The Labute approximate surface area is 136 Å². The molecule has 3 heteroatoms. The summed E-state index contributed by atoms with van der Waals surface area (Å²) in [6, 6.07) is 1.17. The lowest BCUT2D eigenvalue weighted by Crippen LogP contribution is -2.15. The summed E-state index contributed by atoms with van der Waals surface area (Å²) in [4.78, 5) is 0. The number of rotatable bonds is 4. The first kappa shape index (κ1) is 16.6. The normalized spacial score (nSPS) is 24.3. The van der Waals surface area contributed by atoms with E-state index in [-0.39, 0.29) is 0 Å². The van der Waals surface area contributed by atoms with Gasteiger partial charge in [-0.1, -0.05) is 50.7 Å². The molecule has 0 aromatic heterocycles. The molecule has 2 aliphatic carbocycles. The van der Waals surface area contributed by atoms with Gasteiger partial charge in [0.1, 0.15) is 0 Å². The van der Waals surface area contributed by atoms with E-state index in [2.05, 4.69) is 6.92 Å². The Balaban J connectivity index is 1.57. The number of hydrogen-bond acceptors (Lipinski definition) is 0. The molecule has 0 nitrogen and oxygen atoms in total. The van der Waals surface area contributed by atoms with Gasteiger partial charge in [0.2, 0.25) is 0 Å². The van der Waals surface area contributed by atoms with Gasteiger partial charge in [0.15, 0.2) is 17.5 Å². The molecular formula is C20H25F3. The summed E-state index contributed by atoms with van der Waals surface area (Å²) < 4.78 is 40.5. The van der Waals surface area contributed by atoms with Gasteiger partial charge in [-0.3, -0.25) is 0 Å². The third-order valence-corrected chi connectivity index (χ3v) is 5.79. The van der Waals surface area contributed by atoms with Crippen LogP contribution in [0.15, 0.2) is 17.7 Å². The van der Waals surface area contributed by atoms with Gasteiger partial charge in [-0.2, -0.15) is 0 Å². The molecule has 0 unspecified atom stereocenters. The molecule has 23 heavy (non-hydrogen) atoms. The number of allylic oxidation sites excluding steroid dienone is 2. The molecule has 0 atom stereocenters. The largest absolute Gasteiger partial charge is 0.204 e. The van der Waals surface area contributed by atoms with Crippen LogP contribution in [0.4, 0.5) is 13.2 Å². The Bertz CT molecular complexity index is 595. The van der Waals surface area contributed by atoms with Crippen molar-refractivity contribution in [2.45, 2.75) is 64.7 Å². The molecule has 0 amide bonds. The third-order valence-electron chi connectivity index (χ3n) is 5.79. The fourth-order valence-electron chi connectivity index (χ4n) is 4.13. The predicted molar refractivity (Wildman–Crippen MR) is 86.8 cm³/mol. The summed E-state index contributed by atoms with van der Waals surface area (Å²) in [6.45, 7) is 2.27. The summed E-state index contributed by atoms with van der Waals surface area (Å²) in [5.74, 6) is -1.71. The molecule has 0 aliphatic heterocycles. The summed E-state index contributed by atoms with van der Waals surface area (Å²) in [6.07, 6.45) is 11.8. The lowest BCUT2D eigenvalue weighted by molar-refractivity contribution is 0.258. The van der Waals surface area contributed by atoms with Crippen LogP contribution in [0.5, 0.6) is 0 Å². The van der Waals surface area contributed by atoms with Crippen LogP contribution in [0, 0.1) is 29.3 Å². The SMILES string of the molecule is CCC1CCC(CCC2=CCc3c(cc(F)c(F)c3F)C2)CC1. The van der Waals surface area contributed by atoms with Gasteiger partial charge < -0.3 is 0 Å². The highest BCUT2D eigenvalue weighted by atomic mass is 19.2. The highest BCUT2D eigenvalue weighted by molar-refractivity contribution is 5.39. The van der Waals surface area contributed by atoms with Gasteiger partial charge in [-0.15, -0.1) is 0 Å². The van der Waals surface area contributed by atoms with Crippen LogP contribution in [0.1, 0.15) is 63.0 Å². The predicted octanol–water partition coefficient (Wildman–Crippen LogP) is 6.13. The maximum absolute atomic E-state index is 13.8. The second-order valence-corrected chi connectivity index (χ2v) is 7.20. The quantitative estimate of drug-likeness (QED) is 0.462. The van der Waals surface area contributed by atoms with Gasteiger partial charge in [0, 0.05) is 0 Å². The van der Waals surface area contributed by atoms with Gasteiger partial charge >= 0.3 is 0 Å². The Hall–Kier alpha value is -1.25. The van der Waals surface area contributed by atoms with Crippen LogP contribution < -0.4 is 0 Å². The maximum atomic E-state index is 13.8. The molecular weight excluding hydrogens is 297 g/mol. The number of halogens is 3. The zero-order chi connectivity index (χ0) is 16.4. The summed E-state index contributed by atoms with van der Waals surface area (Å²) >= 11 is 0. The van der Waals surface area contributed by atoms with Crippen LogP contribution in [0.2, 0.25) is 0 Å². The van der Waals surface area contributed by atoms with Crippen molar-refractivity contribution in [1.29, 1.82) is 0 Å². The van der Waals surface area contributed by atoms with Crippen molar-refractivity contribution in [3.63, 3.8) is 0 Å². The zero-order valence-electron chi connectivity index (χ0n) is 13.8. The number of benzene rings is 1. The van der Waals surface area contributed by atoms with E-state index in [4.69, 9.17) is 0 Å². The monoisotopic (exact) mass is 322 g/mol. The average Bonchev–Trinajstić information content (AvgIpc) is 2.58. The molecule has 2 aliphatic rings. The Morgan fingerprint density at radius 3 is 2.39 bits per heavy atom. The molecule has 1 aromatic rings. The van der Waals surface area contributed by atoms with Crippen molar-refractivity contribution >= 4 is 0 Å². The molecule has 0 heterocycles. The molecule has 1 aromatic carbocycles. The van der Waals surface area contributed by atoms with E-state index in [1.54, 1.807) is 0 Å². The summed E-state index contributed by atoms with van der Waals surface area (Å²) in [7, 11) is 0. The van der Waals surface area contributed by atoms with Gasteiger partial charge in [-0.25, -0.2) is 13.2 Å². The Morgan fingerprint density at radius 1 is 1.00 bits per heavy atom. The highest BCUT2D eigenvalue weighted by Crippen LogP contribution is 2.35. The summed E-state index contributed by atoms with van der Waals surface area (Å²) in [5.41, 5.74) is 2.20. The topological polar surface area (TPSA) is 0 Å². The van der Waals surface area contributed by atoms with Crippen LogP contribution in [0.25, 0.3) is 0 Å². The fraction of sp³-hybridized carbons (Fsp3) is 0.600. The molecule has 126 valence electrons. The minimum Gasteiger partial charge on any atom is -0.204 e. The lowest BCUT2D eigenvalue weighted by Gasteiger charge is -2.28. The number of hydrogen-bond donors (Lipinski definition) is 0. The first-order valence-electron chi connectivity index (χ1n) is 8.91. The van der Waals surface area contributed by atoms with E-state index in [0.29, 0.717) is 24.0 Å². The average molecular weight is 322 g/mol. The van der Waals surface area contributed by atoms with Crippen molar-refractivity contribution < 1.29 is 13.2 Å². The molecule has 0 saturated heterocycles. The first-order chi connectivity index (χ1) is 11.1. The van der Waals surface area contributed by atoms with Crippen molar-refractivity contribution in [2.75, 3.05) is 0 Å².